The molecule has 0 saturated carbocycles. The monoisotopic (exact) mass is 470 g/mol. The minimum absolute atomic E-state index is 0.0203. The molecule has 1 fully saturated rings. The standard InChI is InChI=1S/C28H34N6O/c1-17(2)26-23-13-20(4-5-25(23)33-27(26)21-6-9-31-18(3)12-21)19-7-10-34(11-8-19)28(35)24(29)14-22-15-30-16-32-22/h4-6,9,12-13,15-17,19,24,33H,7-8,10-11,14,29H2,1-3H3,(H,30,32). The summed E-state index contributed by atoms with van der Waals surface area (Å²) in [6.07, 6.45) is 7.65. The van der Waals surface area contributed by atoms with Gasteiger partial charge in [-0.2, -0.15) is 0 Å². The minimum atomic E-state index is -0.546. The highest BCUT2D eigenvalue weighted by atomic mass is 16.2. The van der Waals surface area contributed by atoms with E-state index in [4.69, 9.17) is 5.73 Å². The number of aromatic amines is 2. The molecule has 1 unspecified atom stereocenters. The first-order chi connectivity index (χ1) is 16.9. The summed E-state index contributed by atoms with van der Waals surface area (Å²) < 4.78 is 0. The molecule has 182 valence electrons. The van der Waals surface area contributed by atoms with Gasteiger partial charge < -0.3 is 20.6 Å². The fourth-order valence-corrected chi connectivity index (χ4v) is 5.40. The van der Waals surface area contributed by atoms with Crippen LogP contribution in [-0.4, -0.2) is 49.9 Å². The van der Waals surface area contributed by atoms with E-state index in [0.29, 0.717) is 18.3 Å². The van der Waals surface area contributed by atoms with E-state index in [9.17, 15) is 4.79 Å². The molecule has 0 aliphatic carbocycles. The summed E-state index contributed by atoms with van der Waals surface area (Å²) in [5.41, 5.74) is 14.3. The highest BCUT2D eigenvalue weighted by molar-refractivity contribution is 5.92. The van der Waals surface area contributed by atoms with Gasteiger partial charge >= 0.3 is 0 Å². The minimum Gasteiger partial charge on any atom is -0.354 e. The number of fused-ring (bicyclic) bond motifs is 1. The average molecular weight is 471 g/mol. The van der Waals surface area contributed by atoms with Crippen molar-refractivity contribution < 1.29 is 4.79 Å². The molecule has 7 nitrogen and oxygen atoms in total. The largest absolute Gasteiger partial charge is 0.354 e. The van der Waals surface area contributed by atoms with Crippen molar-refractivity contribution in [3.05, 3.63) is 71.6 Å². The SMILES string of the molecule is Cc1cc(-c2[nH]c3ccc(C4CCN(C(=O)C(N)Cc5c[nH]cn5)CC4)cc3c2C(C)C)ccn1. The Morgan fingerprint density at radius 2 is 1.97 bits per heavy atom. The third-order valence-electron chi connectivity index (χ3n) is 7.20. The Labute approximate surface area is 206 Å². The summed E-state index contributed by atoms with van der Waals surface area (Å²) in [6.45, 7) is 8.01. The second kappa shape index (κ2) is 9.66. The number of carbonyl (C=O) groups excluding carboxylic acids is 1. The quantitative estimate of drug-likeness (QED) is 0.381. The molecule has 1 amide bonds. The van der Waals surface area contributed by atoms with Gasteiger partial charge in [0.25, 0.3) is 0 Å². The number of nitrogens with two attached hydrogens (primary N) is 1. The summed E-state index contributed by atoms with van der Waals surface area (Å²) in [5, 5.41) is 1.29. The Bertz CT molecular complexity index is 1310. The van der Waals surface area contributed by atoms with Gasteiger partial charge in [-0.05, 0) is 67.0 Å². The van der Waals surface area contributed by atoms with Gasteiger partial charge in [-0.1, -0.05) is 19.9 Å². The Kier molecular flexibility index (Phi) is 6.43. The molecule has 5 rings (SSSR count). The summed E-state index contributed by atoms with van der Waals surface area (Å²) in [4.78, 5) is 29.9. The molecule has 1 saturated heterocycles. The number of nitrogens with zero attached hydrogens (tertiary/aromatic N) is 3. The number of piperidine rings is 1. The first-order valence-electron chi connectivity index (χ1n) is 12.5. The Hall–Kier alpha value is -3.45. The number of aryl methyl sites for hydroxylation is 1. The number of pyridine rings is 1. The molecule has 35 heavy (non-hydrogen) atoms. The topological polar surface area (TPSA) is 104 Å². The zero-order valence-electron chi connectivity index (χ0n) is 20.7. The Morgan fingerprint density at radius 1 is 1.17 bits per heavy atom. The van der Waals surface area contributed by atoms with Crippen LogP contribution < -0.4 is 5.73 Å². The molecular formula is C28H34N6O. The number of imidazole rings is 1. The van der Waals surface area contributed by atoms with E-state index >= 15 is 0 Å². The molecule has 1 aliphatic heterocycles. The van der Waals surface area contributed by atoms with Crippen LogP contribution in [0, 0.1) is 6.92 Å². The van der Waals surface area contributed by atoms with Gasteiger partial charge in [0.2, 0.25) is 5.91 Å². The second-order valence-corrected chi connectivity index (χ2v) is 10.0. The van der Waals surface area contributed by atoms with E-state index in [2.05, 4.69) is 64.1 Å². The molecule has 0 spiro atoms. The van der Waals surface area contributed by atoms with Gasteiger partial charge in [-0.25, -0.2) is 4.98 Å². The van der Waals surface area contributed by atoms with Crippen LogP contribution >= 0.6 is 0 Å². The summed E-state index contributed by atoms with van der Waals surface area (Å²) in [7, 11) is 0. The lowest BCUT2D eigenvalue weighted by Crippen LogP contribution is -2.47. The third-order valence-corrected chi connectivity index (χ3v) is 7.20. The maximum atomic E-state index is 12.9. The number of hydrogen-bond donors (Lipinski definition) is 3. The number of nitrogens with one attached hydrogen (secondary N) is 2. The van der Waals surface area contributed by atoms with Crippen molar-refractivity contribution in [3.63, 3.8) is 0 Å². The molecule has 4 aromatic rings. The molecule has 1 aromatic carbocycles. The summed E-state index contributed by atoms with van der Waals surface area (Å²) in [5.74, 6) is 0.845. The lowest BCUT2D eigenvalue weighted by Gasteiger charge is -2.33. The van der Waals surface area contributed by atoms with E-state index in [1.807, 2.05) is 18.0 Å². The van der Waals surface area contributed by atoms with Crippen LogP contribution in [0.15, 0.2) is 49.1 Å². The van der Waals surface area contributed by atoms with Crippen LogP contribution in [-0.2, 0) is 11.2 Å². The van der Waals surface area contributed by atoms with Gasteiger partial charge in [0.15, 0.2) is 0 Å². The predicted octanol–water partition coefficient (Wildman–Crippen LogP) is 4.66. The normalized spacial score (nSPS) is 15.7. The van der Waals surface area contributed by atoms with Gasteiger partial charge in [-0.15, -0.1) is 0 Å². The molecule has 1 atom stereocenters. The molecule has 4 heterocycles. The number of hydrogen-bond acceptors (Lipinski definition) is 4. The number of rotatable bonds is 6. The lowest BCUT2D eigenvalue weighted by atomic mass is 9.87. The van der Waals surface area contributed by atoms with E-state index < -0.39 is 6.04 Å². The van der Waals surface area contributed by atoms with E-state index in [1.54, 1.807) is 12.5 Å². The number of H-pyrrole nitrogens is 2. The third kappa shape index (κ3) is 4.73. The molecule has 1 aliphatic rings. The maximum Gasteiger partial charge on any atom is 0.239 e. The Balaban J connectivity index is 1.33. The highest BCUT2D eigenvalue weighted by Gasteiger charge is 2.28. The van der Waals surface area contributed by atoms with Crippen LogP contribution in [0.1, 0.15) is 61.0 Å². The lowest BCUT2D eigenvalue weighted by molar-refractivity contribution is -0.133. The molecule has 0 radical (unpaired) electrons. The van der Waals surface area contributed by atoms with Crippen LogP contribution in [0.2, 0.25) is 0 Å². The van der Waals surface area contributed by atoms with Crippen molar-refractivity contribution in [2.45, 2.75) is 57.9 Å². The summed E-state index contributed by atoms with van der Waals surface area (Å²) >= 11 is 0. The average Bonchev–Trinajstić information content (AvgIpc) is 3.51. The molecule has 7 heteroatoms. The zero-order valence-corrected chi connectivity index (χ0v) is 20.7. The van der Waals surface area contributed by atoms with Crippen molar-refractivity contribution >= 4 is 16.8 Å². The summed E-state index contributed by atoms with van der Waals surface area (Å²) in [6, 6.07) is 10.5. The zero-order chi connectivity index (χ0) is 24.5. The smallest absolute Gasteiger partial charge is 0.239 e. The van der Waals surface area contributed by atoms with Crippen molar-refractivity contribution in [2.75, 3.05) is 13.1 Å². The first kappa shape index (κ1) is 23.3. The van der Waals surface area contributed by atoms with E-state index in [0.717, 1.165) is 37.3 Å². The molecular weight excluding hydrogens is 436 g/mol. The van der Waals surface area contributed by atoms with Crippen LogP contribution in [0.3, 0.4) is 0 Å². The van der Waals surface area contributed by atoms with Crippen LogP contribution in [0.25, 0.3) is 22.2 Å². The predicted molar refractivity (Wildman–Crippen MR) is 139 cm³/mol. The molecule has 0 bridgehead atoms. The van der Waals surface area contributed by atoms with Gasteiger partial charge in [0.1, 0.15) is 0 Å². The number of amides is 1. The van der Waals surface area contributed by atoms with Crippen molar-refractivity contribution in [1.82, 2.24) is 24.8 Å². The fourth-order valence-electron chi connectivity index (χ4n) is 5.40. The van der Waals surface area contributed by atoms with Crippen molar-refractivity contribution in [3.8, 4) is 11.3 Å². The fraction of sp³-hybridized carbons (Fsp3) is 0.393. The Morgan fingerprint density at radius 3 is 2.66 bits per heavy atom. The molecule has 4 N–H and O–H groups in total. The van der Waals surface area contributed by atoms with Gasteiger partial charge in [0, 0.05) is 54.1 Å². The van der Waals surface area contributed by atoms with Crippen LogP contribution in [0.4, 0.5) is 0 Å². The molecule has 3 aromatic heterocycles. The number of carbonyl (C=O) groups is 1. The second-order valence-electron chi connectivity index (χ2n) is 10.0. The number of likely N-dealkylation sites (tertiary alicyclic amines) is 1. The first-order valence-corrected chi connectivity index (χ1v) is 12.5. The number of aromatic nitrogens is 4. The van der Waals surface area contributed by atoms with Crippen molar-refractivity contribution in [2.24, 2.45) is 5.73 Å². The van der Waals surface area contributed by atoms with Crippen molar-refractivity contribution in [1.29, 1.82) is 0 Å². The van der Waals surface area contributed by atoms with Gasteiger partial charge in [0.05, 0.1) is 23.8 Å². The van der Waals surface area contributed by atoms with E-state index in [-0.39, 0.29) is 5.91 Å². The maximum absolute atomic E-state index is 12.9. The highest BCUT2D eigenvalue weighted by Crippen LogP contribution is 2.38. The van der Waals surface area contributed by atoms with E-state index in [1.165, 1.54) is 33.3 Å². The number of benzene rings is 1. The van der Waals surface area contributed by atoms with Crippen LogP contribution in [0.5, 0.6) is 0 Å². The van der Waals surface area contributed by atoms with Gasteiger partial charge in [-0.3, -0.25) is 9.78 Å².